The average molecular weight is 283 g/mol. The molecule has 0 atom stereocenters. The molecule has 0 N–H and O–H groups in total. The van der Waals surface area contributed by atoms with Crippen molar-refractivity contribution in [2.75, 3.05) is 7.11 Å². The molecular formula is C7H5BrF2N2O3. The smallest absolute Gasteiger partial charge is 0.365 e. The van der Waals surface area contributed by atoms with Gasteiger partial charge in [-0.2, -0.15) is 0 Å². The van der Waals surface area contributed by atoms with Crippen molar-refractivity contribution in [2.24, 2.45) is 0 Å². The van der Waals surface area contributed by atoms with E-state index in [0.29, 0.717) is 0 Å². The molecule has 0 aromatic carbocycles. The van der Waals surface area contributed by atoms with Crippen molar-refractivity contribution < 1.29 is 18.4 Å². The molecule has 0 amide bonds. The summed E-state index contributed by atoms with van der Waals surface area (Å²) in [6.45, 7) is 0. The summed E-state index contributed by atoms with van der Waals surface area (Å²) in [6.07, 6.45) is -2.93. The molecular weight excluding hydrogens is 278 g/mol. The van der Waals surface area contributed by atoms with Gasteiger partial charge in [0.2, 0.25) is 0 Å². The van der Waals surface area contributed by atoms with Crippen molar-refractivity contribution in [1.29, 1.82) is 0 Å². The molecule has 0 radical (unpaired) electrons. The van der Waals surface area contributed by atoms with Crippen LogP contribution in [0.25, 0.3) is 0 Å². The fraction of sp³-hybridized carbons (Fsp3) is 0.286. The molecule has 0 saturated carbocycles. The lowest BCUT2D eigenvalue weighted by Gasteiger charge is -2.05. The molecule has 1 aromatic heterocycles. The summed E-state index contributed by atoms with van der Waals surface area (Å²) >= 11 is 2.89. The van der Waals surface area contributed by atoms with Crippen LogP contribution in [0.1, 0.15) is 12.1 Å². The maximum Gasteiger partial charge on any atom is 0.365 e. The van der Waals surface area contributed by atoms with Gasteiger partial charge in [0.25, 0.3) is 5.69 Å². The summed E-state index contributed by atoms with van der Waals surface area (Å²) in [6, 6.07) is 1.00. The van der Waals surface area contributed by atoms with Gasteiger partial charge < -0.3 is 14.9 Å². The molecule has 8 heteroatoms. The zero-order chi connectivity index (χ0) is 11.6. The van der Waals surface area contributed by atoms with E-state index in [0.717, 1.165) is 6.07 Å². The highest BCUT2D eigenvalue weighted by atomic mass is 79.9. The molecule has 5 nitrogen and oxygen atoms in total. The second-order valence-electron chi connectivity index (χ2n) is 2.44. The van der Waals surface area contributed by atoms with Crippen molar-refractivity contribution in [2.45, 2.75) is 6.43 Å². The number of methoxy groups -OCH3 is 1. The molecule has 0 unspecified atom stereocenters. The molecule has 0 aliphatic carbocycles. The molecule has 0 saturated heterocycles. The van der Waals surface area contributed by atoms with Crippen LogP contribution >= 0.6 is 15.9 Å². The normalized spacial score (nSPS) is 10.5. The number of alkyl halides is 2. The number of nitrogens with zero attached hydrogens (tertiary/aromatic N) is 2. The Bertz CT molecular complexity index is 400. The fourth-order valence-corrected chi connectivity index (χ4v) is 1.52. The number of ether oxygens (including phenoxy) is 1. The number of rotatable bonds is 3. The standard InChI is InChI=1S/C7H5BrF2N2O3/c1-15-6-3(8)2-4(12(13)14)11-5(6)7(9)10/h2,7H,1H3. The van der Waals surface area contributed by atoms with E-state index in [1.54, 1.807) is 0 Å². The van der Waals surface area contributed by atoms with Crippen LogP contribution < -0.4 is 4.74 Å². The summed E-state index contributed by atoms with van der Waals surface area (Å²) in [7, 11) is 1.18. The van der Waals surface area contributed by atoms with Crippen LogP contribution in [0, 0.1) is 10.1 Å². The number of pyridine rings is 1. The first-order chi connectivity index (χ1) is 6.97. The fourth-order valence-electron chi connectivity index (χ4n) is 0.951. The maximum atomic E-state index is 12.5. The van der Waals surface area contributed by atoms with Gasteiger partial charge in [-0.15, -0.1) is 0 Å². The van der Waals surface area contributed by atoms with Gasteiger partial charge in [-0.1, -0.05) is 0 Å². The molecule has 82 valence electrons. The van der Waals surface area contributed by atoms with Crippen molar-refractivity contribution in [3.63, 3.8) is 0 Å². The molecule has 1 rings (SSSR count). The van der Waals surface area contributed by atoms with Gasteiger partial charge in [0.1, 0.15) is 0 Å². The molecule has 1 heterocycles. The first-order valence-electron chi connectivity index (χ1n) is 3.64. The predicted octanol–water partition coefficient (Wildman–Crippen LogP) is 2.70. The van der Waals surface area contributed by atoms with Gasteiger partial charge in [-0.25, -0.2) is 8.78 Å². The Morgan fingerprint density at radius 3 is 2.67 bits per heavy atom. The van der Waals surface area contributed by atoms with Crippen molar-refractivity contribution >= 4 is 21.7 Å². The summed E-state index contributed by atoms with van der Waals surface area (Å²) in [5, 5.41) is 10.4. The van der Waals surface area contributed by atoms with E-state index in [4.69, 9.17) is 0 Å². The Morgan fingerprint density at radius 1 is 1.67 bits per heavy atom. The van der Waals surface area contributed by atoms with E-state index in [-0.39, 0.29) is 10.2 Å². The van der Waals surface area contributed by atoms with Crippen LogP contribution in [0.2, 0.25) is 0 Å². The summed E-state index contributed by atoms with van der Waals surface area (Å²) in [4.78, 5) is 12.7. The SMILES string of the molecule is COc1c(Br)cc([N+](=O)[O-])nc1C(F)F. The van der Waals surface area contributed by atoms with E-state index < -0.39 is 22.9 Å². The zero-order valence-electron chi connectivity index (χ0n) is 7.41. The Hall–Kier alpha value is -1.31. The predicted molar refractivity (Wildman–Crippen MR) is 50.1 cm³/mol. The van der Waals surface area contributed by atoms with Crippen LogP contribution in [0.5, 0.6) is 5.75 Å². The minimum absolute atomic E-state index is 0.0713. The third-order valence-electron chi connectivity index (χ3n) is 1.54. The third-order valence-corrected chi connectivity index (χ3v) is 2.13. The van der Waals surface area contributed by atoms with Crippen molar-refractivity contribution in [3.8, 4) is 5.75 Å². The largest absolute Gasteiger partial charge is 0.491 e. The summed E-state index contributed by atoms with van der Waals surface area (Å²) in [5.74, 6) is -0.853. The molecule has 0 spiro atoms. The van der Waals surface area contributed by atoms with E-state index in [2.05, 4.69) is 25.7 Å². The summed E-state index contributed by atoms with van der Waals surface area (Å²) in [5.41, 5.74) is -0.751. The third kappa shape index (κ3) is 2.38. The Morgan fingerprint density at radius 2 is 2.27 bits per heavy atom. The van der Waals surface area contributed by atoms with Crippen LogP contribution in [0.3, 0.4) is 0 Å². The second-order valence-corrected chi connectivity index (χ2v) is 3.29. The molecule has 0 aliphatic heterocycles. The topological polar surface area (TPSA) is 65.3 Å². The van der Waals surface area contributed by atoms with Gasteiger partial charge in [0.05, 0.1) is 17.6 Å². The van der Waals surface area contributed by atoms with E-state index >= 15 is 0 Å². The molecule has 0 bridgehead atoms. The minimum atomic E-state index is -2.93. The van der Waals surface area contributed by atoms with Gasteiger partial charge in [-0.05, 0) is 25.8 Å². The van der Waals surface area contributed by atoms with Crippen molar-refractivity contribution in [3.05, 3.63) is 26.3 Å². The van der Waals surface area contributed by atoms with Gasteiger partial charge in [0, 0.05) is 0 Å². The quantitative estimate of drug-likeness (QED) is 0.632. The lowest BCUT2D eigenvalue weighted by Crippen LogP contribution is -2.01. The van der Waals surface area contributed by atoms with Crippen LogP contribution in [0.4, 0.5) is 14.6 Å². The van der Waals surface area contributed by atoms with Crippen molar-refractivity contribution in [1.82, 2.24) is 4.98 Å². The number of halogens is 3. The highest BCUT2D eigenvalue weighted by Crippen LogP contribution is 2.35. The van der Waals surface area contributed by atoms with Gasteiger partial charge >= 0.3 is 12.2 Å². The molecule has 0 fully saturated rings. The number of hydrogen-bond acceptors (Lipinski definition) is 4. The second kappa shape index (κ2) is 4.47. The van der Waals surface area contributed by atoms with Gasteiger partial charge in [0.15, 0.2) is 5.75 Å². The zero-order valence-corrected chi connectivity index (χ0v) is 8.99. The lowest BCUT2D eigenvalue weighted by atomic mass is 10.3. The highest BCUT2D eigenvalue weighted by molar-refractivity contribution is 9.10. The Labute approximate surface area is 91.3 Å². The molecule has 1 aromatic rings. The highest BCUT2D eigenvalue weighted by Gasteiger charge is 2.27. The van der Waals surface area contributed by atoms with Gasteiger partial charge in [-0.3, -0.25) is 0 Å². The van der Waals surface area contributed by atoms with E-state index in [1.807, 2.05) is 0 Å². The molecule has 0 aliphatic rings. The molecule has 15 heavy (non-hydrogen) atoms. The van der Waals surface area contributed by atoms with Crippen LogP contribution in [-0.4, -0.2) is 17.0 Å². The first kappa shape index (κ1) is 11.8. The first-order valence-corrected chi connectivity index (χ1v) is 4.43. The Kier molecular flexibility index (Phi) is 3.51. The van der Waals surface area contributed by atoms with Crippen LogP contribution in [-0.2, 0) is 0 Å². The number of hydrogen-bond donors (Lipinski definition) is 0. The lowest BCUT2D eigenvalue weighted by molar-refractivity contribution is -0.389. The Balaban J connectivity index is 3.38. The minimum Gasteiger partial charge on any atom is -0.491 e. The van der Waals surface area contributed by atoms with Crippen LogP contribution in [0.15, 0.2) is 10.5 Å². The summed E-state index contributed by atoms with van der Waals surface area (Å²) < 4.78 is 29.6. The van der Waals surface area contributed by atoms with E-state index in [9.17, 15) is 18.9 Å². The maximum absolute atomic E-state index is 12.5. The number of nitro groups is 1. The average Bonchev–Trinajstić information content (AvgIpc) is 2.16. The monoisotopic (exact) mass is 282 g/mol. The number of aromatic nitrogens is 1. The van der Waals surface area contributed by atoms with E-state index in [1.165, 1.54) is 7.11 Å².